The number of fused-ring (bicyclic) bond motifs is 12. The maximum absolute atomic E-state index is 5.42. The normalized spacial score (nSPS) is 12.1. The van der Waals surface area contributed by atoms with E-state index in [4.69, 9.17) is 15.0 Å². The molecule has 5 heterocycles. The summed E-state index contributed by atoms with van der Waals surface area (Å²) in [5, 5.41) is 10.0. The third kappa shape index (κ3) is 5.52. The summed E-state index contributed by atoms with van der Waals surface area (Å²) in [5.41, 5.74) is 7.96. The van der Waals surface area contributed by atoms with Crippen LogP contribution in [0.25, 0.3) is 137 Å². The molecule has 7 heteroatoms. The van der Waals surface area contributed by atoms with E-state index in [1.54, 1.807) is 22.7 Å². The van der Waals surface area contributed by atoms with Crippen molar-refractivity contribution in [1.29, 1.82) is 0 Å². The second-order valence-corrected chi connectivity index (χ2v) is 20.4. The van der Waals surface area contributed by atoms with Gasteiger partial charge in [0.15, 0.2) is 17.5 Å². The SMILES string of the molecule is c1cc(-c2cccc3c2sc2ccccc23)cc(-c2cccc3c2sc2c(-c4nc(-c5cccc6c5sc5ccccc56)nc(-c5cccc6c5sc5ccccc56)n4)cccc23)c1. The van der Waals surface area contributed by atoms with E-state index in [1.807, 2.05) is 22.7 Å². The van der Waals surface area contributed by atoms with Gasteiger partial charge in [0.05, 0.1) is 0 Å². The summed E-state index contributed by atoms with van der Waals surface area (Å²) >= 11 is 7.31. The number of benzene rings is 9. The number of thiophene rings is 4. The molecule has 0 radical (unpaired) electrons. The highest BCUT2D eigenvalue weighted by molar-refractivity contribution is 7.27. The lowest BCUT2D eigenvalue weighted by molar-refractivity contribution is 1.08. The summed E-state index contributed by atoms with van der Waals surface area (Å²) < 4.78 is 9.93. The van der Waals surface area contributed by atoms with Gasteiger partial charge in [0.25, 0.3) is 0 Å². The van der Waals surface area contributed by atoms with Crippen molar-refractivity contribution >= 4 is 126 Å². The molecule has 14 rings (SSSR count). The Morgan fingerprint density at radius 2 is 0.516 bits per heavy atom. The Bertz CT molecular complexity index is 4090. The van der Waals surface area contributed by atoms with Crippen molar-refractivity contribution in [3.8, 4) is 56.4 Å². The summed E-state index contributed by atoms with van der Waals surface area (Å²) in [6.07, 6.45) is 0. The van der Waals surface area contributed by atoms with Crippen molar-refractivity contribution < 1.29 is 0 Å². The summed E-state index contributed by atoms with van der Waals surface area (Å²) in [4.78, 5) is 16.2. The molecule has 0 aliphatic rings. The van der Waals surface area contributed by atoms with Gasteiger partial charge >= 0.3 is 0 Å². The van der Waals surface area contributed by atoms with E-state index in [2.05, 4.69) is 188 Å². The van der Waals surface area contributed by atoms with Gasteiger partial charge in [-0.05, 0) is 64.7 Å². The molecule has 0 aliphatic carbocycles. The molecule has 14 aromatic rings. The van der Waals surface area contributed by atoms with Crippen LogP contribution in [-0.2, 0) is 0 Å². The molecule has 298 valence electrons. The fourth-order valence-electron chi connectivity index (χ4n) is 9.64. The highest BCUT2D eigenvalue weighted by Gasteiger charge is 2.22. The molecule has 0 saturated carbocycles. The molecule has 5 aromatic heterocycles. The van der Waals surface area contributed by atoms with Gasteiger partial charge in [0.1, 0.15) is 0 Å². The maximum Gasteiger partial charge on any atom is 0.165 e. The van der Waals surface area contributed by atoms with Gasteiger partial charge in [-0.2, -0.15) is 0 Å². The third-order valence-electron chi connectivity index (χ3n) is 12.6. The predicted molar refractivity (Wildman–Crippen MR) is 279 cm³/mol. The molecule has 0 unspecified atom stereocenters. The average Bonchev–Trinajstić information content (AvgIpc) is 4.14. The molecule has 9 aromatic carbocycles. The van der Waals surface area contributed by atoms with Crippen LogP contribution >= 0.6 is 45.3 Å². The third-order valence-corrected chi connectivity index (χ3v) is 17.5. The molecule has 0 saturated heterocycles. The van der Waals surface area contributed by atoms with Crippen LogP contribution in [0.4, 0.5) is 0 Å². The van der Waals surface area contributed by atoms with Crippen molar-refractivity contribution in [3.05, 3.63) is 188 Å². The number of rotatable bonds is 5. The van der Waals surface area contributed by atoms with Crippen LogP contribution in [-0.4, -0.2) is 15.0 Å². The van der Waals surface area contributed by atoms with E-state index in [0.717, 1.165) is 16.7 Å². The van der Waals surface area contributed by atoms with E-state index in [1.165, 1.54) is 103 Å². The predicted octanol–water partition coefficient (Wildman–Crippen LogP) is 17.7. The molecule has 0 N–H and O–H groups in total. The molecule has 0 bridgehead atoms. The molecule has 3 nitrogen and oxygen atoms in total. The Balaban J connectivity index is 0.972. The fourth-order valence-corrected chi connectivity index (χ4v) is 14.6. The van der Waals surface area contributed by atoms with Crippen LogP contribution in [0, 0.1) is 0 Å². The molecule has 0 fully saturated rings. The Morgan fingerprint density at radius 1 is 0.234 bits per heavy atom. The van der Waals surface area contributed by atoms with Gasteiger partial charge < -0.3 is 0 Å². The van der Waals surface area contributed by atoms with E-state index >= 15 is 0 Å². The average molecular weight is 886 g/mol. The smallest absolute Gasteiger partial charge is 0.165 e. The Labute approximate surface area is 382 Å². The molecule has 0 spiro atoms. The van der Waals surface area contributed by atoms with Crippen molar-refractivity contribution in [2.75, 3.05) is 0 Å². The summed E-state index contributed by atoms with van der Waals surface area (Å²) in [6.45, 7) is 0. The van der Waals surface area contributed by atoms with Crippen molar-refractivity contribution in [3.63, 3.8) is 0 Å². The first-order valence-corrected chi connectivity index (χ1v) is 24.5. The van der Waals surface area contributed by atoms with E-state index in [9.17, 15) is 0 Å². The quantitative estimate of drug-likeness (QED) is 0.173. The number of hydrogen-bond acceptors (Lipinski definition) is 7. The molecular weight excluding hydrogens is 855 g/mol. The Hall–Kier alpha value is -7.13. The van der Waals surface area contributed by atoms with Crippen LogP contribution in [0.3, 0.4) is 0 Å². The minimum atomic E-state index is 0.674. The van der Waals surface area contributed by atoms with Gasteiger partial charge in [-0.15, -0.1) is 45.3 Å². The van der Waals surface area contributed by atoms with Gasteiger partial charge in [-0.25, -0.2) is 15.0 Å². The molecule has 0 aliphatic heterocycles. The lowest BCUT2D eigenvalue weighted by Gasteiger charge is -2.10. The Morgan fingerprint density at radius 3 is 0.922 bits per heavy atom. The van der Waals surface area contributed by atoms with E-state index in [0.29, 0.717) is 17.5 Å². The zero-order chi connectivity index (χ0) is 41.9. The van der Waals surface area contributed by atoms with Crippen LogP contribution in [0.1, 0.15) is 0 Å². The first kappa shape index (κ1) is 36.4. The van der Waals surface area contributed by atoms with Crippen molar-refractivity contribution in [2.45, 2.75) is 0 Å². The second kappa shape index (κ2) is 14.2. The summed E-state index contributed by atoms with van der Waals surface area (Å²) in [7, 11) is 0. The highest BCUT2D eigenvalue weighted by Crippen LogP contribution is 2.47. The monoisotopic (exact) mass is 885 g/mol. The van der Waals surface area contributed by atoms with Crippen LogP contribution < -0.4 is 0 Å². The lowest BCUT2D eigenvalue weighted by Crippen LogP contribution is -2.00. The standard InChI is InChI=1S/C57H31N3S4/c1-4-28-47-36(15-1)39-20-8-18-34(50(39)61-47)32-13-7-14-33(31-32)35-19-9-23-42-43-24-12-27-46(54(43)64-51(35)42)57-59-55(44-25-10-21-40-37-16-2-5-29-48(37)62-52(40)44)58-56(60-57)45-26-11-22-41-38-17-3-6-30-49(38)63-53(41)45/h1-31H. The fraction of sp³-hybridized carbons (Fsp3) is 0. The van der Waals surface area contributed by atoms with Gasteiger partial charge in [-0.1, -0.05) is 146 Å². The van der Waals surface area contributed by atoms with Gasteiger partial charge in [-0.3, -0.25) is 0 Å². The summed E-state index contributed by atoms with van der Waals surface area (Å²) in [6, 6.07) is 68.2. The van der Waals surface area contributed by atoms with E-state index < -0.39 is 0 Å². The first-order chi connectivity index (χ1) is 31.7. The minimum absolute atomic E-state index is 0.674. The topological polar surface area (TPSA) is 38.7 Å². The molecule has 0 atom stereocenters. The van der Waals surface area contributed by atoms with Gasteiger partial charge in [0.2, 0.25) is 0 Å². The van der Waals surface area contributed by atoms with Crippen molar-refractivity contribution in [2.24, 2.45) is 0 Å². The van der Waals surface area contributed by atoms with Crippen LogP contribution in [0.15, 0.2) is 188 Å². The number of aromatic nitrogens is 3. The molecular formula is C57H31N3S4. The lowest BCUT2D eigenvalue weighted by atomic mass is 9.97. The zero-order valence-corrected chi connectivity index (χ0v) is 37.1. The molecule has 64 heavy (non-hydrogen) atoms. The highest BCUT2D eigenvalue weighted by atomic mass is 32.1. The van der Waals surface area contributed by atoms with Crippen LogP contribution in [0.2, 0.25) is 0 Å². The Kier molecular flexibility index (Phi) is 8.06. The zero-order valence-electron chi connectivity index (χ0n) is 33.9. The number of nitrogens with zero attached hydrogens (tertiary/aromatic N) is 3. The maximum atomic E-state index is 5.42. The first-order valence-electron chi connectivity index (χ1n) is 21.2. The number of hydrogen-bond donors (Lipinski definition) is 0. The van der Waals surface area contributed by atoms with Crippen molar-refractivity contribution in [1.82, 2.24) is 15.0 Å². The van der Waals surface area contributed by atoms with E-state index in [-0.39, 0.29) is 0 Å². The minimum Gasteiger partial charge on any atom is -0.208 e. The largest absolute Gasteiger partial charge is 0.208 e. The summed E-state index contributed by atoms with van der Waals surface area (Å²) in [5.74, 6) is 2.03. The van der Waals surface area contributed by atoms with Crippen LogP contribution in [0.5, 0.6) is 0 Å². The second-order valence-electron chi connectivity index (χ2n) is 16.2. The van der Waals surface area contributed by atoms with Gasteiger partial charge in [0, 0.05) is 97.4 Å². The molecule has 0 amide bonds.